The van der Waals surface area contributed by atoms with Crippen LogP contribution in [0.2, 0.25) is 0 Å². The fourth-order valence-corrected chi connectivity index (χ4v) is 9.97. The van der Waals surface area contributed by atoms with Gasteiger partial charge in [-0.3, -0.25) is 37.0 Å². The van der Waals surface area contributed by atoms with E-state index in [1.807, 2.05) is 0 Å². The van der Waals surface area contributed by atoms with E-state index in [2.05, 4.69) is 49.4 Å². The predicted octanol–water partition coefficient (Wildman–Crippen LogP) is 1.83. The summed E-state index contributed by atoms with van der Waals surface area (Å²) in [6, 6.07) is 1.53. The van der Waals surface area contributed by atoms with Crippen molar-refractivity contribution in [3.63, 3.8) is 0 Å². The number of fused-ring (bicyclic) bond motifs is 5. The number of ether oxygens (including phenoxy) is 1. The predicted molar refractivity (Wildman–Crippen MR) is 165 cm³/mol. The van der Waals surface area contributed by atoms with Gasteiger partial charge in [-0.25, -0.2) is 28.5 Å². The van der Waals surface area contributed by atoms with Gasteiger partial charge in [0.15, 0.2) is 29.2 Å². The zero-order valence-electron chi connectivity index (χ0n) is 22.5. The molecule has 0 spiro atoms. The van der Waals surface area contributed by atoms with Crippen LogP contribution in [-0.2, 0) is 32.0 Å². The quantitative estimate of drug-likeness (QED) is 0.128. The van der Waals surface area contributed by atoms with E-state index in [-0.39, 0.29) is 22.8 Å². The molecule has 242 valence electrons. The average Bonchev–Trinajstić information content (AvgIpc) is 3.72. The molecule has 0 amide bonds. The number of anilines is 2. The Bertz CT molecular complexity index is 1950. The zero-order valence-corrected chi connectivity index (χ0v) is 26.9. The molecule has 1 unspecified atom stereocenters. The molecule has 2 bridgehead atoms. The van der Waals surface area contributed by atoms with Gasteiger partial charge >= 0.3 is 13.6 Å². The third kappa shape index (κ3) is 5.69. The maximum absolute atomic E-state index is 16.0. The Kier molecular flexibility index (Phi) is 8.00. The van der Waals surface area contributed by atoms with Crippen LogP contribution in [0, 0.1) is 0 Å². The number of halogens is 1. The van der Waals surface area contributed by atoms with E-state index in [0.29, 0.717) is 11.2 Å². The summed E-state index contributed by atoms with van der Waals surface area (Å²) in [5.74, 6) is -0.188. The summed E-state index contributed by atoms with van der Waals surface area (Å²) in [7, 11) is 0. The van der Waals surface area contributed by atoms with Crippen molar-refractivity contribution in [2.45, 2.75) is 47.4 Å². The van der Waals surface area contributed by atoms with Crippen LogP contribution < -0.4 is 17.0 Å². The van der Waals surface area contributed by atoms with Crippen LogP contribution in [0.4, 0.5) is 16.0 Å². The number of hydrogen-bond donors (Lipinski definition) is 6. The summed E-state index contributed by atoms with van der Waals surface area (Å²) >= 11 is 9.19. The SMILES string of the molecule is Nc1nc2c(ncn2[C@@H]2S[C@@H]3COP(=O)(S)O[C@H]4[C@H](F)[C@H](n5cnc6c(N)ccnc65)O[C@@H]4CO[P@@](=O)(S)O[C@@H]2[C@@H]3O)c(=O)[nH]1. The minimum absolute atomic E-state index is 0.0472. The van der Waals surface area contributed by atoms with Crippen LogP contribution in [0.3, 0.4) is 0 Å². The van der Waals surface area contributed by atoms with Gasteiger partial charge in [-0.1, -0.05) is 24.5 Å². The van der Waals surface area contributed by atoms with E-state index in [0.717, 1.165) is 11.8 Å². The number of nitrogen functional groups attached to an aromatic ring is 2. The van der Waals surface area contributed by atoms with E-state index in [1.54, 1.807) is 0 Å². The van der Waals surface area contributed by atoms with Gasteiger partial charge in [0, 0.05) is 6.20 Å². The first-order chi connectivity index (χ1) is 21.3. The molecule has 0 aliphatic carbocycles. The van der Waals surface area contributed by atoms with Crippen LogP contribution in [0.25, 0.3) is 22.3 Å². The highest BCUT2D eigenvalue weighted by atomic mass is 32.7. The number of aliphatic hydroxyl groups excluding tert-OH is 1. The second kappa shape index (κ2) is 11.5. The highest BCUT2D eigenvalue weighted by Gasteiger charge is 2.53. The zero-order chi connectivity index (χ0) is 31.8. The number of alkyl halides is 1. The summed E-state index contributed by atoms with van der Waals surface area (Å²) < 4.78 is 73.9. The van der Waals surface area contributed by atoms with Gasteiger partial charge in [0.25, 0.3) is 5.56 Å². The first-order valence-corrected chi connectivity index (χ1v) is 19.4. The molecule has 24 heteroatoms. The van der Waals surface area contributed by atoms with Gasteiger partial charge in [0.2, 0.25) is 5.95 Å². The maximum Gasteiger partial charge on any atom is 0.386 e. The Morgan fingerprint density at radius 3 is 2.49 bits per heavy atom. The number of thiol groups is 2. The van der Waals surface area contributed by atoms with Gasteiger partial charge in [-0.2, -0.15) is 4.98 Å². The second-order valence-corrected chi connectivity index (χ2v) is 17.3. The number of nitrogens with two attached hydrogens (primary N) is 2. The lowest BCUT2D eigenvalue weighted by molar-refractivity contribution is -0.0427. The number of pyridine rings is 1. The third-order valence-electron chi connectivity index (χ3n) is 7.38. The fourth-order valence-electron chi connectivity index (χ4n) is 5.34. The molecular formula is C21H24FN9O9P2S3. The van der Waals surface area contributed by atoms with E-state index in [1.165, 1.54) is 34.1 Å². The Labute approximate surface area is 266 Å². The van der Waals surface area contributed by atoms with Crippen molar-refractivity contribution >= 4 is 83.8 Å². The summed E-state index contributed by atoms with van der Waals surface area (Å²) in [4.78, 5) is 31.3. The van der Waals surface area contributed by atoms with Crippen molar-refractivity contribution in [2.75, 3.05) is 24.7 Å². The van der Waals surface area contributed by atoms with Gasteiger partial charge in [-0.05, 0) is 6.07 Å². The number of H-pyrrole nitrogens is 1. The molecule has 0 aromatic carbocycles. The largest absolute Gasteiger partial charge is 0.397 e. The number of aromatic nitrogens is 7. The molecule has 45 heavy (non-hydrogen) atoms. The van der Waals surface area contributed by atoms with Crippen LogP contribution in [-0.4, -0.2) is 88.2 Å². The molecule has 3 aliphatic heterocycles. The summed E-state index contributed by atoms with van der Waals surface area (Å²) in [5, 5.41) is 9.40. The van der Waals surface area contributed by atoms with Gasteiger partial charge in [-0.15, -0.1) is 11.8 Å². The monoisotopic (exact) mass is 723 g/mol. The van der Waals surface area contributed by atoms with Crippen molar-refractivity contribution in [1.29, 1.82) is 0 Å². The Balaban J connectivity index is 1.21. The lowest BCUT2D eigenvalue weighted by Crippen LogP contribution is -2.35. The summed E-state index contributed by atoms with van der Waals surface area (Å²) in [5.41, 5.74) is 11.9. The lowest BCUT2D eigenvalue weighted by Gasteiger charge is -2.26. The Morgan fingerprint density at radius 2 is 1.71 bits per heavy atom. The van der Waals surface area contributed by atoms with Crippen LogP contribution in [0.5, 0.6) is 0 Å². The topological polar surface area (TPSA) is 247 Å². The first kappa shape index (κ1) is 31.4. The number of hydrogen-bond acceptors (Lipinski definition) is 16. The van der Waals surface area contributed by atoms with E-state index < -0.39 is 79.8 Å². The third-order valence-corrected chi connectivity index (χ3v) is 12.2. The molecule has 4 aromatic rings. The molecule has 7 rings (SSSR count). The highest BCUT2D eigenvalue weighted by Crippen LogP contribution is 2.62. The molecule has 18 nitrogen and oxygen atoms in total. The molecule has 3 fully saturated rings. The van der Waals surface area contributed by atoms with Gasteiger partial charge in [0.05, 0.1) is 42.9 Å². The average molecular weight is 724 g/mol. The van der Waals surface area contributed by atoms with Crippen molar-refractivity contribution in [3.05, 3.63) is 35.3 Å². The number of aromatic amines is 1. The van der Waals surface area contributed by atoms with Crippen molar-refractivity contribution in [1.82, 2.24) is 34.1 Å². The van der Waals surface area contributed by atoms with Crippen LogP contribution >= 0.6 is 49.9 Å². The molecule has 0 radical (unpaired) electrons. The molecular weight excluding hydrogens is 699 g/mol. The number of nitrogens with zero attached hydrogens (tertiary/aromatic N) is 6. The van der Waals surface area contributed by atoms with Gasteiger partial charge < -0.3 is 21.3 Å². The molecule has 10 atom stereocenters. The molecule has 3 aliphatic rings. The second-order valence-electron chi connectivity index (χ2n) is 10.2. The summed E-state index contributed by atoms with van der Waals surface area (Å²) in [6.45, 7) is -9.73. The maximum atomic E-state index is 16.0. The molecule has 4 aromatic heterocycles. The fraction of sp³-hybridized carbons (Fsp3) is 0.476. The first-order valence-electron chi connectivity index (χ1n) is 13.1. The molecule has 7 heterocycles. The number of rotatable bonds is 2. The minimum atomic E-state index is -4.34. The smallest absolute Gasteiger partial charge is 0.386 e. The van der Waals surface area contributed by atoms with Crippen molar-refractivity contribution in [3.8, 4) is 0 Å². The molecule has 0 saturated carbocycles. The normalized spacial score (nSPS) is 37.7. The minimum Gasteiger partial charge on any atom is -0.397 e. The van der Waals surface area contributed by atoms with Crippen molar-refractivity contribution < 1.29 is 41.5 Å². The number of thioether (sulfide) groups is 1. The Hall–Kier alpha value is -2.23. The Morgan fingerprint density at radius 1 is 1.02 bits per heavy atom. The van der Waals surface area contributed by atoms with Gasteiger partial charge in [0.1, 0.15) is 29.2 Å². The van der Waals surface area contributed by atoms with Crippen LogP contribution in [0.1, 0.15) is 11.6 Å². The van der Waals surface area contributed by atoms with Crippen LogP contribution in [0.15, 0.2) is 29.7 Å². The standard InChI is InChI=1S/C21H24FN9O9P2S3/c22-10-14-8(38-19(10)30-5-26-11-7(23)1-2-25-16(11)30)3-36-41(34,43)40-15-13(32)9(4-37-42(35,44)39-14)45-20(15)31-6-27-12-17(31)28-21(24)29-18(12)33/h1-2,5-6,8-10,13-15,19-20,32H,3-4H2,(H2,23,25)(H,34,43)(H,35,44)(H3,24,28,29,33)/t8-,9-,10+,13-,14-,15-,19-,20-,41-,42?/m1/s1. The van der Waals surface area contributed by atoms with E-state index in [4.69, 9.17) is 34.3 Å². The molecule has 3 saturated heterocycles. The number of nitrogens with one attached hydrogen (secondary N) is 1. The number of aliphatic hydroxyl groups is 1. The van der Waals surface area contributed by atoms with E-state index in [9.17, 15) is 19.0 Å². The highest BCUT2D eigenvalue weighted by molar-refractivity contribution is 8.44. The number of imidazole rings is 2. The summed E-state index contributed by atoms with van der Waals surface area (Å²) in [6.07, 6.45) is -5.09. The van der Waals surface area contributed by atoms with E-state index >= 15 is 4.39 Å². The lowest BCUT2D eigenvalue weighted by atomic mass is 10.1. The molecule has 6 N–H and O–H groups in total. The van der Waals surface area contributed by atoms with Crippen molar-refractivity contribution in [2.24, 2.45) is 0 Å².